The Morgan fingerprint density at radius 3 is 0.571 bits per heavy atom. The second-order valence-electron chi connectivity index (χ2n) is 0. The van der Waals surface area contributed by atoms with Crippen molar-refractivity contribution >= 4 is 71.7 Å². The third-order valence-corrected chi connectivity index (χ3v) is 0. The summed E-state index contributed by atoms with van der Waals surface area (Å²) < 4.78 is 0. The topological polar surface area (TPSA) is 120 Å². The van der Waals surface area contributed by atoms with Crippen LogP contribution in [0.5, 0.6) is 0 Å². The van der Waals surface area contributed by atoms with Crippen molar-refractivity contribution in [3.05, 3.63) is 0 Å². The van der Waals surface area contributed by atoms with Crippen LogP contribution >= 0.6 is 0 Å². The number of hydrogen-bond donors (Lipinski definition) is 0. The molecule has 4 N–H and O–H groups in total. The maximum absolute atomic E-state index is 0. The molecule has 0 aromatic rings. The Hall–Kier alpha value is 2.92. The molecule has 0 bridgehead atoms. The Kier molecular flexibility index (Phi) is 869. The quantitative estimate of drug-likeness (QED) is 0.451. The molecule has 0 fully saturated rings. The van der Waals surface area contributed by atoms with Gasteiger partial charge in [0.25, 0.3) is 0 Å². The maximum atomic E-state index is 0. The van der Waals surface area contributed by atoms with Gasteiger partial charge >= 0.3 is 71.7 Å². The molecule has 0 amide bonds. The van der Waals surface area contributed by atoms with Crippen molar-refractivity contribution in [1.82, 2.24) is 0 Å². The molecule has 4 nitrogen and oxygen atoms in total. The molecule has 2 radical (unpaired) electrons. The van der Waals surface area contributed by atoms with Gasteiger partial charge in [0.15, 0.2) is 0 Å². The molecule has 0 aliphatic carbocycles. The van der Waals surface area contributed by atoms with E-state index < -0.39 is 0 Å². The van der Waals surface area contributed by atoms with Crippen LogP contribution < -0.4 is 0 Å². The Labute approximate surface area is 113 Å². The van der Waals surface area contributed by atoms with Gasteiger partial charge in [-0.25, -0.2) is 0 Å². The van der Waals surface area contributed by atoms with E-state index in [1.807, 2.05) is 0 Å². The largest absolute Gasteiger partial charge is 3.00 e. The van der Waals surface area contributed by atoms with Crippen molar-refractivity contribution in [2.75, 3.05) is 0 Å². The molecular weight excluding hydrogens is 408 g/mol. The van der Waals surface area contributed by atoms with Crippen molar-refractivity contribution < 1.29 is 43.6 Å². The fraction of sp³-hybridized carbons (Fsp3) is 0. The van der Waals surface area contributed by atoms with Crippen LogP contribution in [-0.2, 0) is 21.7 Å². The van der Waals surface area contributed by atoms with Gasteiger partial charge in [0, 0.05) is 21.7 Å². The zero-order valence-electron chi connectivity index (χ0n) is 3.44. The first-order valence-electron chi connectivity index (χ1n) is 0. The van der Waals surface area contributed by atoms with Gasteiger partial charge in [0.2, 0.25) is 0 Å². The second-order valence-corrected chi connectivity index (χ2v) is 0. The van der Waals surface area contributed by atoms with E-state index in [4.69, 9.17) is 0 Å². The van der Waals surface area contributed by atoms with Gasteiger partial charge in [-0.2, -0.15) is 0 Å². The third kappa shape index (κ3) is 50.1. The molecule has 0 aromatic carbocycles. The van der Waals surface area contributed by atoms with Crippen LogP contribution in [0, 0.1) is 0 Å². The third-order valence-electron chi connectivity index (χ3n) is 0. The fourth-order valence-electron chi connectivity index (χ4n) is 0. The minimum atomic E-state index is 0. The molecule has 0 heterocycles. The van der Waals surface area contributed by atoms with E-state index in [0.717, 1.165) is 0 Å². The molecule has 0 atom stereocenters. The summed E-state index contributed by atoms with van der Waals surface area (Å²) >= 11 is 0. The monoisotopic (exact) mass is 413 g/mol. The summed E-state index contributed by atoms with van der Waals surface area (Å²) in [5.41, 5.74) is 0. The van der Waals surface area contributed by atoms with Gasteiger partial charge in [-0.15, -0.1) is 0 Å². The van der Waals surface area contributed by atoms with Crippen LogP contribution in [0.2, 0.25) is 0 Å². The first-order chi connectivity index (χ1) is 0. The predicted octanol–water partition coefficient (Wildman–Crippen LogP) is -1.47. The first-order valence-corrected chi connectivity index (χ1v) is 0. The maximum Gasteiger partial charge on any atom is 3.00 e. The minimum absolute atomic E-state index is 0. The molecule has 0 spiro atoms. The fourth-order valence-corrected chi connectivity index (χ4v) is 0. The Bertz CT molecular complexity index is 11.7. The van der Waals surface area contributed by atoms with Crippen LogP contribution in [-0.4, -0.2) is 93.6 Å². The SMILES string of the molecule is [Bi+3].[OH-].[OH-].[OH-].[OH-].[Sr+2].[Ti]. The molecule has 7 heavy (non-hydrogen) atoms. The van der Waals surface area contributed by atoms with E-state index in [1.54, 1.807) is 0 Å². The van der Waals surface area contributed by atoms with Gasteiger partial charge in [0.1, 0.15) is 0 Å². The summed E-state index contributed by atoms with van der Waals surface area (Å²) in [6.07, 6.45) is 0. The van der Waals surface area contributed by atoms with Crippen LogP contribution in [0.1, 0.15) is 0 Å². The van der Waals surface area contributed by atoms with E-state index in [0.29, 0.717) is 0 Å². The van der Waals surface area contributed by atoms with E-state index in [1.165, 1.54) is 0 Å². The molecule has 7 heteroatoms. The van der Waals surface area contributed by atoms with Gasteiger partial charge < -0.3 is 21.9 Å². The van der Waals surface area contributed by atoms with Gasteiger partial charge in [-0.1, -0.05) is 0 Å². The molecule has 0 unspecified atom stereocenters. The Morgan fingerprint density at radius 1 is 0.571 bits per heavy atom. The molecule has 0 aliphatic rings. The zero-order valence-corrected chi connectivity index (χ0v) is 12.0. The summed E-state index contributed by atoms with van der Waals surface area (Å²) in [6.45, 7) is 0. The summed E-state index contributed by atoms with van der Waals surface area (Å²) in [7, 11) is 0. The normalized spacial score (nSPS) is 0. The molecule has 0 rings (SSSR count). The summed E-state index contributed by atoms with van der Waals surface area (Å²) in [5, 5.41) is 0. The van der Waals surface area contributed by atoms with Crippen molar-refractivity contribution in [3.63, 3.8) is 0 Å². The standard InChI is InChI=1S/Bi.4H2O.Sr.Ti/h;4*1H2;;/q+3;;;;;+2;/p-4. The second kappa shape index (κ2) is 65.7. The Morgan fingerprint density at radius 2 is 0.571 bits per heavy atom. The minimum Gasteiger partial charge on any atom is -0.870 e. The predicted molar refractivity (Wildman–Crippen MR) is 19.3 cm³/mol. The Balaban J connectivity index is 0. The van der Waals surface area contributed by atoms with Crippen molar-refractivity contribution in [2.24, 2.45) is 0 Å². The van der Waals surface area contributed by atoms with Crippen LogP contribution in [0.3, 0.4) is 0 Å². The van der Waals surface area contributed by atoms with Crippen molar-refractivity contribution in [2.45, 2.75) is 0 Å². The summed E-state index contributed by atoms with van der Waals surface area (Å²) in [6, 6.07) is 0. The van der Waals surface area contributed by atoms with Crippen molar-refractivity contribution in [1.29, 1.82) is 0 Å². The average molecular weight is 412 g/mol. The van der Waals surface area contributed by atoms with Gasteiger partial charge in [-0.05, 0) is 0 Å². The first kappa shape index (κ1) is 92.6. The van der Waals surface area contributed by atoms with Crippen LogP contribution in [0.25, 0.3) is 0 Å². The van der Waals surface area contributed by atoms with Crippen LogP contribution in [0.4, 0.5) is 0 Å². The molecule has 0 saturated heterocycles. The molecule has 0 aliphatic heterocycles. The van der Waals surface area contributed by atoms with Crippen molar-refractivity contribution in [3.8, 4) is 0 Å². The van der Waals surface area contributed by atoms with E-state index in [9.17, 15) is 0 Å². The van der Waals surface area contributed by atoms with E-state index in [2.05, 4.69) is 0 Å². The summed E-state index contributed by atoms with van der Waals surface area (Å²) in [5.74, 6) is 0. The van der Waals surface area contributed by atoms with E-state index in [-0.39, 0.29) is 115 Å². The van der Waals surface area contributed by atoms with Gasteiger partial charge in [-0.3, -0.25) is 0 Å². The smallest absolute Gasteiger partial charge is 0.870 e. The molecular formula is H4BiO4SrTi+. The molecule has 0 aromatic heterocycles. The molecule has 38 valence electrons. The van der Waals surface area contributed by atoms with Gasteiger partial charge in [0.05, 0.1) is 0 Å². The number of hydrogen-bond acceptors (Lipinski definition) is 4. The average Bonchev–Trinajstić information content (AvgIpc) is 0. The van der Waals surface area contributed by atoms with E-state index >= 15 is 0 Å². The molecule has 0 saturated carbocycles. The van der Waals surface area contributed by atoms with Crippen LogP contribution in [0.15, 0.2) is 0 Å². The number of rotatable bonds is 0. The zero-order chi connectivity index (χ0) is 0. The summed E-state index contributed by atoms with van der Waals surface area (Å²) in [4.78, 5) is 0.